The molecule has 0 aliphatic carbocycles. The van der Waals surface area contributed by atoms with Crippen LogP contribution in [0.5, 0.6) is 0 Å². The number of carbonyl (C=O) groups excluding carboxylic acids is 1. The molecule has 0 atom stereocenters. The van der Waals surface area contributed by atoms with Gasteiger partial charge in [0.25, 0.3) is 0 Å². The van der Waals surface area contributed by atoms with E-state index in [0.717, 1.165) is 30.7 Å². The Morgan fingerprint density at radius 3 is 2.61 bits per heavy atom. The number of anilines is 1. The van der Waals surface area contributed by atoms with Crippen molar-refractivity contribution in [1.82, 2.24) is 25.1 Å². The number of aryl methyl sites for hydroxylation is 3. The van der Waals surface area contributed by atoms with Gasteiger partial charge in [-0.3, -0.25) is 15.6 Å². The molecule has 0 unspecified atom stereocenters. The van der Waals surface area contributed by atoms with Crippen molar-refractivity contribution in [3.63, 3.8) is 0 Å². The third-order valence-electron chi connectivity index (χ3n) is 4.82. The minimum Gasteiger partial charge on any atom is -0.331 e. The fourth-order valence-corrected chi connectivity index (χ4v) is 5.82. The molecule has 2 heterocycles. The molecule has 13 heteroatoms. The highest BCUT2D eigenvalue weighted by molar-refractivity contribution is 8.00. The highest BCUT2D eigenvalue weighted by atomic mass is 32.2. The molecule has 0 saturated carbocycles. The van der Waals surface area contributed by atoms with E-state index in [-0.39, 0.29) is 21.7 Å². The smallest absolute Gasteiger partial charge is 0.248 e. The second-order valence-electron chi connectivity index (χ2n) is 7.32. The first-order valence-electron chi connectivity index (χ1n) is 9.73. The molecule has 2 aromatic heterocycles. The maximum absolute atomic E-state index is 12.4. The second kappa shape index (κ2) is 10.3. The van der Waals surface area contributed by atoms with Crippen LogP contribution in [0.25, 0.3) is 10.2 Å². The molecule has 0 saturated heterocycles. The lowest BCUT2D eigenvalue weighted by atomic mass is 10.2. The van der Waals surface area contributed by atoms with Gasteiger partial charge in [0.15, 0.2) is 5.11 Å². The first-order chi connectivity index (χ1) is 15.5. The molecule has 3 aromatic rings. The van der Waals surface area contributed by atoms with Crippen LogP contribution in [0.4, 0.5) is 5.69 Å². The highest BCUT2D eigenvalue weighted by Crippen LogP contribution is 2.34. The van der Waals surface area contributed by atoms with Gasteiger partial charge in [-0.15, -0.1) is 11.3 Å². The molecule has 0 aliphatic heterocycles. The van der Waals surface area contributed by atoms with Crippen molar-refractivity contribution < 1.29 is 13.2 Å². The third kappa shape index (κ3) is 5.79. The van der Waals surface area contributed by atoms with Crippen molar-refractivity contribution in [2.24, 2.45) is 0 Å². The average molecular weight is 525 g/mol. The fourth-order valence-electron chi connectivity index (χ4n) is 2.82. The number of fused-ring (bicyclic) bond motifs is 1. The number of thiophene rings is 1. The zero-order valence-corrected chi connectivity index (χ0v) is 22.0. The molecule has 0 bridgehead atoms. The van der Waals surface area contributed by atoms with Gasteiger partial charge in [-0.2, -0.15) is 0 Å². The van der Waals surface area contributed by atoms with Gasteiger partial charge in [-0.05, 0) is 56.2 Å². The Morgan fingerprint density at radius 1 is 1.18 bits per heavy atom. The van der Waals surface area contributed by atoms with Gasteiger partial charge >= 0.3 is 0 Å². The zero-order valence-electron chi connectivity index (χ0n) is 18.7. The molecule has 9 nitrogen and oxygen atoms in total. The van der Waals surface area contributed by atoms with Crippen molar-refractivity contribution in [2.75, 3.05) is 25.2 Å². The monoisotopic (exact) mass is 524 g/mol. The molecular weight excluding hydrogens is 501 g/mol. The number of amides is 1. The topological polar surface area (TPSA) is 116 Å². The Balaban J connectivity index is 1.58. The van der Waals surface area contributed by atoms with E-state index >= 15 is 0 Å². The Morgan fingerprint density at radius 2 is 1.91 bits per heavy atom. The van der Waals surface area contributed by atoms with E-state index in [1.54, 1.807) is 17.4 Å². The summed E-state index contributed by atoms with van der Waals surface area (Å²) in [4.78, 5) is 23.2. The summed E-state index contributed by atoms with van der Waals surface area (Å²) in [6, 6.07) is 4.72. The zero-order chi connectivity index (χ0) is 24.3. The van der Waals surface area contributed by atoms with Crippen LogP contribution >= 0.6 is 35.3 Å². The van der Waals surface area contributed by atoms with Gasteiger partial charge in [-0.25, -0.2) is 22.7 Å². The Labute approximate surface area is 206 Å². The Kier molecular flexibility index (Phi) is 7.90. The van der Waals surface area contributed by atoms with Crippen LogP contribution < -0.4 is 16.2 Å². The van der Waals surface area contributed by atoms with E-state index in [2.05, 4.69) is 26.1 Å². The lowest BCUT2D eigenvalue weighted by Crippen LogP contribution is -2.44. The van der Waals surface area contributed by atoms with E-state index < -0.39 is 10.0 Å². The first kappa shape index (κ1) is 25.3. The van der Waals surface area contributed by atoms with E-state index in [0.29, 0.717) is 5.69 Å². The van der Waals surface area contributed by atoms with Gasteiger partial charge in [-0.1, -0.05) is 17.8 Å². The lowest BCUT2D eigenvalue weighted by molar-refractivity contribution is -0.119. The van der Waals surface area contributed by atoms with Crippen LogP contribution in [0.2, 0.25) is 0 Å². The van der Waals surface area contributed by atoms with Crippen molar-refractivity contribution >= 4 is 72.3 Å². The summed E-state index contributed by atoms with van der Waals surface area (Å²) in [5, 5.41) is 4.79. The van der Waals surface area contributed by atoms with E-state index in [1.807, 2.05) is 20.8 Å². The molecule has 0 fully saturated rings. The standard InChI is InChI=1S/C20H24N6O3S4/c1-11-6-7-14(33(28,29)26(4)5)8-15(11)23-20(30)25-24-16(27)9-31-18-17-12(2)13(3)32-19(17)22-10-21-18/h6-8,10H,9H2,1-5H3,(H,24,27)(H2,23,25,30). The molecule has 3 rings (SSSR count). The van der Waals surface area contributed by atoms with Gasteiger partial charge in [0.05, 0.1) is 10.6 Å². The minimum absolute atomic E-state index is 0.129. The number of thiocarbonyl (C=S) groups is 1. The molecule has 3 N–H and O–H groups in total. The normalized spacial score (nSPS) is 11.6. The number of nitrogens with one attached hydrogen (secondary N) is 3. The summed E-state index contributed by atoms with van der Waals surface area (Å²) in [5.41, 5.74) is 7.63. The van der Waals surface area contributed by atoms with Gasteiger partial charge < -0.3 is 5.32 Å². The maximum atomic E-state index is 12.4. The molecular formula is C20H24N6O3S4. The summed E-state index contributed by atoms with van der Waals surface area (Å²) in [6.45, 7) is 5.88. The number of nitrogens with zero attached hydrogens (tertiary/aromatic N) is 3. The molecule has 176 valence electrons. The number of thioether (sulfide) groups is 1. The lowest BCUT2D eigenvalue weighted by Gasteiger charge is -2.16. The number of hydrazine groups is 1. The highest BCUT2D eigenvalue weighted by Gasteiger charge is 2.18. The second-order valence-corrected chi connectivity index (χ2v) is 12.0. The van der Waals surface area contributed by atoms with E-state index in [1.165, 1.54) is 49.2 Å². The quantitative estimate of drug-likeness (QED) is 0.194. The molecule has 1 amide bonds. The number of hydrogen-bond acceptors (Lipinski definition) is 8. The van der Waals surface area contributed by atoms with E-state index in [9.17, 15) is 13.2 Å². The third-order valence-corrected chi connectivity index (χ3v) is 8.94. The number of carbonyl (C=O) groups is 1. The summed E-state index contributed by atoms with van der Waals surface area (Å²) in [5.74, 6) is -0.160. The van der Waals surface area contributed by atoms with Crippen LogP contribution in [0.3, 0.4) is 0 Å². The number of hydrogen-bond donors (Lipinski definition) is 3. The number of benzene rings is 1. The average Bonchev–Trinajstić information content (AvgIpc) is 3.06. The molecule has 0 aliphatic rings. The van der Waals surface area contributed by atoms with Crippen LogP contribution in [0, 0.1) is 20.8 Å². The van der Waals surface area contributed by atoms with E-state index in [4.69, 9.17) is 12.2 Å². The SMILES string of the molecule is Cc1ccc(S(=O)(=O)N(C)C)cc1NC(=S)NNC(=O)CSc1ncnc2sc(C)c(C)c12. The minimum atomic E-state index is -3.58. The van der Waals surface area contributed by atoms with Crippen molar-refractivity contribution in [3.05, 3.63) is 40.5 Å². The fraction of sp³-hybridized carbons (Fsp3) is 0.300. The van der Waals surface area contributed by atoms with Crippen molar-refractivity contribution in [1.29, 1.82) is 0 Å². The Hall–Kier alpha value is -2.32. The molecule has 1 aromatic carbocycles. The summed E-state index contributed by atoms with van der Waals surface area (Å²) in [7, 11) is -0.646. The van der Waals surface area contributed by atoms with Crippen LogP contribution in [0.1, 0.15) is 16.0 Å². The van der Waals surface area contributed by atoms with Gasteiger partial charge in [0, 0.05) is 30.0 Å². The largest absolute Gasteiger partial charge is 0.331 e. The number of rotatable bonds is 6. The predicted octanol–water partition coefficient (Wildman–Crippen LogP) is 2.98. The molecule has 0 radical (unpaired) electrons. The summed E-state index contributed by atoms with van der Waals surface area (Å²) in [6.07, 6.45) is 1.50. The molecule has 0 spiro atoms. The van der Waals surface area contributed by atoms with Crippen LogP contribution in [-0.2, 0) is 14.8 Å². The number of aromatic nitrogens is 2. The summed E-state index contributed by atoms with van der Waals surface area (Å²) >= 11 is 8.16. The first-order valence-corrected chi connectivity index (χ1v) is 13.4. The van der Waals surface area contributed by atoms with Gasteiger partial charge in [0.2, 0.25) is 15.9 Å². The van der Waals surface area contributed by atoms with Crippen LogP contribution in [-0.4, -0.2) is 53.6 Å². The number of sulfonamides is 1. The van der Waals surface area contributed by atoms with Crippen molar-refractivity contribution in [2.45, 2.75) is 30.7 Å². The Bertz CT molecular complexity index is 1320. The molecule has 33 heavy (non-hydrogen) atoms. The van der Waals surface area contributed by atoms with Gasteiger partial charge in [0.1, 0.15) is 16.2 Å². The summed E-state index contributed by atoms with van der Waals surface area (Å²) < 4.78 is 25.9. The van der Waals surface area contributed by atoms with Crippen molar-refractivity contribution in [3.8, 4) is 0 Å². The van der Waals surface area contributed by atoms with Crippen LogP contribution in [0.15, 0.2) is 34.4 Å². The maximum Gasteiger partial charge on any atom is 0.248 e. The predicted molar refractivity (Wildman–Crippen MR) is 137 cm³/mol.